The van der Waals surface area contributed by atoms with Crippen LogP contribution in [0.5, 0.6) is 0 Å². The summed E-state index contributed by atoms with van der Waals surface area (Å²) in [5, 5.41) is 15.2. The summed E-state index contributed by atoms with van der Waals surface area (Å²) in [6.45, 7) is 2.28. The van der Waals surface area contributed by atoms with Crippen LogP contribution in [0.25, 0.3) is 120 Å². The molecule has 0 heteroatoms. The predicted octanol–water partition coefficient (Wildman–Crippen LogP) is 17.2. The molecule has 61 heavy (non-hydrogen) atoms. The molecular formula is C61H40. The van der Waals surface area contributed by atoms with Crippen molar-refractivity contribution in [3.8, 4) is 55.6 Å². The van der Waals surface area contributed by atoms with E-state index in [0.29, 0.717) is 0 Å². The highest BCUT2D eigenvalue weighted by Crippen LogP contribution is 2.46. The molecule has 0 atom stereocenters. The molecule has 0 fully saturated rings. The van der Waals surface area contributed by atoms with Crippen LogP contribution in [0.2, 0.25) is 0 Å². The second-order valence-corrected chi connectivity index (χ2v) is 16.4. The van der Waals surface area contributed by atoms with E-state index in [1.165, 1.54) is 126 Å². The average molecular weight is 773 g/mol. The maximum Gasteiger partial charge on any atom is -0.00921 e. The maximum atomic E-state index is 2.48. The van der Waals surface area contributed by atoms with Crippen LogP contribution >= 0.6 is 0 Å². The lowest BCUT2D eigenvalue weighted by molar-refractivity contribution is 1.49. The number of fused-ring (bicyclic) bond motifs is 10. The number of rotatable bonds is 5. The van der Waals surface area contributed by atoms with Crippen molar-refractivity contribution in [2.24, 2.45) is 0 Å². The summed E-state index contributed by atoms with van der Waals surface area (Å²) in [6, 6.07) is 83.2. The Morgan fingerprint density at radius 3 is 0.902 bits per heavy atom. The molecule has 0 saturated carbocycles. The Kier molecular flexibility index (Phi) is 8.18. The Morgan fingerprint density at radius 1 is 0.180 bits per heavy atom. The van der Waals surface area contributed by atoms with E-state index in [-0.39, 0.29) is 0 Å². The SMILES string of the molecule is Cc1cc2c(-c3ccccc3)cc3c4ccccc4c(-c4ccccc4)cc3c2cc1-c1ccc2c(c1)c(-c1ccccc1)cc1c3ccccc3c(-c3ccccc3)cc21. The fraction of sp³-hybridized carbons (Fsp3) is 0.0164. The lowest BCUT2D eigenvalue weighted by Crippen LogP contribution is -1.93. The number of hydrogen-bond donors (Lipinski definition) is 0. The van der Waals surface area contributed by atoms with Crippen LogP contribution < -0.4 is 0 Å². The summed E-state index contributed by atoms with van der Waals surface area (Å²) in [5.74, 6) is 0. The van der Waals surface area contributed by atoms with Gasteiger partial charge in [0.15, 0.2) is 0 Å². The minimum atomic E-state index is 1.22. The summed E-state index contributed by atoms with van der Waals surface area (Å²) < 4.78 is 0. The summed E-state index contributed by atoms with van der Waals surface area (Å²) in [7, 11) is 0. The van der Waals surface area contributed by atoms with Gasteiger partial charge in [-0.2, -0.15) is 0 Å². The molecule has 0 N–H and O–H groups in total. The largest absolute Gasteiger partial charge is 0.0622 e. The van der Waals surface area contributed by atoms with Crippen molar-refractivity contribution in [1.82, 2.24) is 0 Å². The Bertz CT molecular complexity index is 3660. The van der Waals surface area contributed by atoms with E-state index < -0.39 is 0 Å². The van der Waals surface area contributed by atoms with Crippen molar-refractivity contribution < 1.29 is 0 Å². The van der Waals surface area contributed by atoms with Crippen LogP contribution in [0.3, 0.4) is 0 Å². The molecule has 0 saturated heterocycles. The quantitative estimate of drug-likeness (QED) is 0.153. The monoisotopic (exact) mass is 772 g/mol. The first-order chi connectivity index (χ1) is 30.2. The Morgan fingerprint density at radius 2 is 0.475 bits per heavy atom. The molecule has 12 aromatic carbocycles. The molecule has 0 amide bonds. The van der Waals surface area contributed by atoms with E-state index in [2.05, 4.69) is 231 Å². The Labute approximate surface area is 355 Å². The fourth-order valence-corrected chi connectivity index (χ4v) is 10.1. The molecule has 0 bridgehead atoms. The molecule has 0 aliphatic carbocycles. The maximum absolute atomic E-state index is 2.48. The molecule has 0 aliphatic heterocycles. The minimum absolute atomic E-state index is 1.22. The lowest BCUT2D eigenvalue weighted by atomic mass is 9.84. The van der Waals surface area contributed by atoms with Crippen LogP contribution in [0.4, 0.5) is 0 Å². The van der Waals surface area contributed by atoms with Crippen LogP contribution in [0.15, 0.2) is 224 Å². The van der Waals surface area contributed by atoms with E-state index in [0.717, 1.165) is 0 Å². The zero-order valence-electron chi connectivity index (χ0n) is 33.9. The van der Waals surface area contributed by atoms with Crippen molar-refractivity contribution in [2.75, 3.05) is 0 Å². The average Bonchev–Trinajstić information content (AvgIpc) is 3.33. The third kappa shape index (κ3) is 5.75. The van der Waals surface area contributed by atoms with Gasteiger partial charge in [0.25, 0.3) is 0 Å². The van der Waals surface area contributed by atoms with Gasteiger partial charge in [0.05, 0.1) is 0 Å². The van der Waals surface area contributed by atoms with Crippen molar-refractivity contribution in [3.63, 3.8) is 0 Å². The van der Waals surface area contributed by atoms with Crippen LogP contribution in [0, 0.1) is 6.92 Å². The molecule has 0 unspecified atom stereocenters. The van der Waals surface area contributed by atoms with Crippen LogP contribution in [0.1, 0.15) is 5.56 Å². The number of hydrogen-bond acceptors (Lipinski definition) is 0. The van der Waals surface area contributed by atoms with Crippen LogP contribution in [-0.2, 0) is 0 Å². The molecule has 0 nitrogen and oxygen atoms in total. The van der Waals surface area contributed by atoms with Crippen molar-refractivity contribution >= 4 is 64.6 Å². The van der Waals surface area contributed by atoms with Gasteiger partial charge in [-0.05, 0) is 169 Å². The van der Waals surface area contributed by atoms with Gasteiger partial charge in [0.2, 0.25) is 0 Å². The number of aryl methyl sites for hydroxylation is 1. The number of benzene rings is 12. The van der Waals surface area contributed by atoms with Gasteiger partial charge in [-0.1, -0.05) is 188 Å². The third-order valence-electron chi connectivity index (χ3n) is 12.9. The zero-order valence-corrected chi connectivity index (χ0v) is 33.9. The van der Waals surface area contributed by atoms with E-state index in [1.807, 2.05) is 0 Å². The second kappa shape index (κ2) is 14.2. The van der Waals surface area contributed by atoms with Crippen molar-refractivity contribution in [1.29, 1.82) is 0 Å². The standard InChI is InChI=1S/C61H40/c1-39-32-55-53(42-22-10-4-11-23-42)37-58-48-29-17-15-27-46(48)52(41-20-8-3-9-21-41)36-61(58)60(55)34-50(39)44-30-31-49-56(33-44)54(43-24-12-5-13-25-43)38-57-47-28-16-14-26-45(47)51(35-59(49)57)40-18-6-2-7-19-40/h2-38H,1H3. The molecule has 0 aromatic heterocycles. The van der Waals surface area contributed by atoms with E-state index >= 15 is 0 Å². The molecular weight excluding hydrogens is 733 g/mol. The highest BCUT2D eigenvalue weighted by atomic mass is 14.2. The first-order valence-electron chi connectivity index (χ1n) is 21.2. The Hall–Kier alpha value is -7.80. The molecule has 0 heterocycles. The van der Waals surface area contributed by atoms with Gasteiger partial charge in [0.1, 0.15) is 0 Å². The smallest absolute Gasteiger partial charge is 0.00921 e. The van der Waals surface area contributed by atoms with Crippen molar-refractivity contribution in [2.45, 2.75) is 6.92 Å². The van der Waals surface area contributed by atoms with Gasteiger partial charge in [0, 0.05) is 0 Å². The first-order valence-corrected chi connectivity index (χ1v) is 21.2. The van der Waals surface area contributed by atoms with Gasteiger partial charge in [-0.15, -0.1) is 0 Å². The van der Waals surface area contributed by atoms with Gasteiger partial charge in [-0.3, -0.25) is 0 Å². The Balaban J connectivity index is 1.17. The molecule has 12 rings (SSSR count). The predicted molar refractivity (Wildman–Crippen MR) is 263 cm³/mol. The van der Waals surface area contributed by atoms with E-state index in [9.17, 15) is 0 Å². The van der Waals surface area contributed by atoms with Crippen molar-refractivity contribution in [3.05, 3.63) is 230 Å². The fourth-order valence-electron chi connectivity index (χ4n) is 10.1. The first kappa shape index (κ1) is 35.2. The molecule has 12 aromatic rings. The summed E-state index contributed by atoms with van der Waals surface area (Å²) >= 11 is 0. The molecule has 0 radical (unpaired) electrons. The topological polar surface area (TPSA) is 0 Å². The van der Waals surface area contributed by atoms with Crippen LogP contribution in [-0.4, -0.2) is 0 Å². The van der Waals surface area contributed by atoms with Gasteiger partial charge < -0.3 is 0 Å². The highest BCUT2D eigenvalue weighted by Gasteiger charge is 2.19. The minimum Gasteiger partial charge on any atom is -0.0622 e. The highest BCUT2D eigenvalue weighted by molar-refractivity contribution is 6.26. The lowest BCUT2D eigenvalue weighted by Gasteiger charge is -2.19. The summed E-state index contributed by atoms with van der Waals surface area (Å²) in [6.07, 6.45) is 0. The second-order valence-electron chi connectivity index (χ2n) is 16.4. The normalized spacial score (nSPS) is 11.7. The molecule has 284 valence electrons. The third-order valence-corrected chi connectivity index (χ3v) is 12.9. The molecule has 0 spiro atoms. The summed E-state index contributed by atoms with van der Waals surface area (Å²) in [5.41, 5.74) is 13.6. The van der Waals surface area contributed by atoms with E-state index in [1.54, 1.807) is 0 Å². The molecule has 0 aliphatic rings. The van der Waals surface area contributed by atoms with E-state index in [4.69, 9.17) is 0 Å². The summed E-state index contributed by atoms with van der Waals surface area (Å²) in [4.78, 5) is 0. The zero-order chi connectivity index (χ0) is 40.4. The van der Waals surface area contributed by atoms with Gasteiger partial charge >= 0.3 is 0 Å². The van der Waals surface area contributed by atoms with Gasteiger partial charge in [-0.25, -0.2) is 0 Å².